The van der Waals surface area contributed by atoms with Gasteiger partial charge in [0, 0.05) is 51.5 Å². The van der Waals surface area contributed by atoms with Crippen LogP contribution in [0.4, 0.5) is 5.82 Å². The Hall–Kier alpha value is -3.69. The van der Waals surface area contributed by atoms with Crippen molar-refractivity contribution in [2.45, 2.75) is 6.42 Å². The molecule has 3 aromatic heterocycles. The van der Waals surface area contributed by atoms with Crippen LogP contribution in [0.2, 0.25) is 0 Å². The third kappa shape index (κ3) is 5.12. The molecule has 0 atom stereocenters. The number of amides is 1. The number of morpholine rings is 1. The number of likely N-dealkylation sites (N-methyl/N-ethyl adjacent to an activating group) is 1. The summed E-state index contributed by atoms with van der Waals surface area (Å²) in [5, 5.41) is 2.71. The predicted octanol–water partition coefficient (Wildman–Crippen LogP) is 3.95. The van der Waals surface area contributed by atoms with Crippen molar-refractivity contribution in [3.63, 3.8) is 0 Å². The Morgan fingerprint density at radius 1 is 1.19 bits per heavy atom. The lowest BCUT2D eigenvalue weighted by atomic mass is 10.1. The Morgan fingerprint density at radius 3 is 2.83 bits per heavy atom. The molecule has 1 aliphatic heterocycles. The molecule has 0 aliphatic carbocycles. The number of benzene rings is 1. The molecule has 36 heavy (non-hydrogen) atoms. The number of anilines is 1. The molecule has 0 N–H and O–H groups in total. The van der Waals surface area contributed by atoms with Gasteiger partial charge in [-0.3, -0.25) is 14.8 Å². The van der Waals surface area contributed by atoms with Gasteiger partial charge in [0.1, 0.15) is 16.3 Å². The molecule has 184 valence electrons. The Balaban J connectivity index is 1.45. The van der Waals surface area contributed by atoms with Crippen molar-refractivity contribution >= 4 is 39.5 Å². The lowest BCUT2D eigenvalue weighted by molar-refractivity contribution is 0.0799. The molecular weight excluding hydrogens is 472 g/mol. The van der Waals surface area contributed by atoms with Gasteiger partial charge >= 0.3 is 0 Å². The third-order valence-corrected chi connectivity index (χ3v) is 7.03. The molecule has 4 heterocycles. The molecule has 1 saturated heterocycles. The zero-order chi connectivity index (χ0) is 24.9. The SMILES string of the molecule is CN=Cc1cccc(CCN(C)C(=O)c2csc3nc(-c4ccccn4)nc(N4CCOCC4)c23)c1. The number of carbonyl (C=O) groups is 1. The fraction of sp³-hybridized carbons (Fsp3) is 0.296. The van der Waals surface area contributed by atoms with E-state index < -0.39 is 0 Å². The predicted molar refractivity (Wildman–Crippen MR) is 144 cm³/mol. The summed E-state index contributed by atoms with van der Waals surface area (Å²) < 4.78 is 5.57. The number of pyridine rings is 1. The first-order valence-corrected chi connectivity index (χ1v) is 12.8. The van der Waals surface area contributed by atoms with Crippen LogP contribution in [-0.4, -0.2) is 78.9 Å². The van der Waals surface area contributed by atoms with Crippen molar-refractivity contribution < 1.29 is 9.53 Å². The van der Waals surface area contributed by atoms with Crippen LogP contribution in [0.1, 0.15) is 21.5 Å². The molecule has 0 unspecified atom stereocenters. The van der Waals surface area contributed by atoms with Gasteiger partial charge in [0.25, 0.3) is 5.91 Å². The Kier molecular flexibility index (Phi) is 7.29. The first-order valence-electron chi connectivity index (χ1n) is 11.9. The maximum atomic E-state index is 13.6. The highest BCUT2D eigenvalue weighted by Crippen LogP contribution is 2.35. The van der Waals surface area contributed by atoms with Gasteiger partial charge in [-0.05, 0) is 29.7 Å². The zero-order valence-corrected chi connectivity index (χ0v) is 21.2. The summed E-state index contributed by atoms with van der Waals surface area (Å²) >= 11 is 1.47. The third-order valence-electron chi connectivity index (χ3n) is 6.16. The topological polar surface area (TPSA) is 83.8 Å². The Bertz CT molecular complexity index is 1380. The van der Waals surface area contributed by atoms with Crippen LogP contribution in [0.25, 0.3) is 21.7 Å². The number of aliphatic imine (C=N–C) groups is 1. The first kappa shape index (κ1) is 24.0. The fourth-order valence-corrected chi connectivity index (χ4v) is 5.18. The quantitative estimate of drug-likeness (QED) is 0.357. The van der Waals surface area contributed by atoms with Crippen molar-refractivity contribution in [2.24, 2.45) is 4.99 Å². The van der Waals surface area contributed by atoms with Gasteiger partial charge < -0.3 is 14.5 Å². The van der Waals surface area contributed by atoms with Gasteiger partial charge in [-0.15, -0.1) is 11.3 Å². The molecule has 5 rings (SSSR count). The summed E-state index contributed by atoms with van der Waals surface area (Å²) in [5.74, 6) is 1.30. The summed E-state index contributed by atoms with van der Waals surface area (Å²) in [4.78, 5) is 36.6. The molecule has 1 aliphatic rings. The minimum absolute atomic E-state index is 0.0313. The number of nitrogens with zero attached hydrogens (tertiary/aromatic N) is 6. The van der Waals surface area contributed by atoms with Crippen LogP contribution >= 0.6 is 11.3 Å². The van der Waals surface area contributed by atoms with Crippen LogP contribution in [0.3, 0.4) is 0 Å². The fourth-order valence-electron chi connectivity index (χ4n) is 4.28. The van der Waals surface area contributed by atoms with Gasteiger partial charge in [-0.25, -0.2) is 9.97 Å². The van der Waals surface area contributed by atoms with Gasteiger partial charge in [0.2, 0.25) is 0 Å². The maximum Gasteiger partial charge on any atom is 0.255 e. The highest BCUT2D eigenvalue weighted by Gasteiger charge is 2.25. The highest BCUT2D eigenvalue weighted by molar-refractivity contribution is 7.17. The lowest BCUT2D eigenvalue weighted by Gasteiger charge is -2.29. The standard InChI is InChI=1S/C27H28N6O2S/c1-28-17-20-7-5-6-19(16-20)9-11-32(2)27(34)21-18-36-26-23(21)25(33-12-14-35-15-13-33)30-24(31-26)22-8-3-4-10-29-22/h3-8,10,16-18H,9,11-15H2,1-2H3. The number of fused-ring (bicyclic) bond motifs is 1. The first-order chi connectivity index (χ1) is 17.6. The molecular formula is C27H28N6O2S. The summed E-state index contributed by atoms with van der Waals surface area (Å²) in [5.41, 5.74) is 3.57. The van der Waals surface area contributed by atoms with E-state index in [1.807, 2.05) is 49.0 Å². The summed E-state index contributed by atoms with van der Waals surface area (Å²) in [7, 11) is 3.61. The number of rotatable bonds is 7. The Morgan fingerprint density at radius 2 is 2.06 bits per heavy atom. The molecule has 1 aromatic carbocycles. The van der Waals surface area contributed by atoms with Crippen LogP contribution in [-0.2, 0) is 11.2 Å². The van der Waals surface area contributed by atoms with E-state index in [9.17, 15) is 4.79 Å². The Labute approximate surface area is 214 Å². The van der Waals surface area contributed by atoms with Gasteiger partial charge in [-0.1, -0.05) is 30.3 Å². The van der Waals surface area contributed by atoms with Gasteiger partial charge in [0.15, 0.2) is 5.82 Å². The van der Waals surface area contributed by atoms with E-state index >= 15 is 0 Å². The van der Waals surface area contributed by atoms with Crippen molar-refractivity contribution in [3.8, 4) is 11.5 Å². The molecule has 8 nitrogen and oxygen atoms in total. The van der Waals surface area contributed by atoms with E-state index in [4.69, 9.17) is 14.7 Å². The number of carbonyl (C=O) groups excluding carboxylic acids is 1. The highest BCUT2D eigenvalue weighted by atomic mass is 32.1. The number of hydrogen-bond donors (Lipinski definition) is 0. The van der Waals surface area contributed by atoms with Crippen molar-refractivity contribution in [3.05, 3.63) is 70.7 Å². The lowest BCUT2D eigenvalue weighted by Crippen LogP contribution is -2.37. The number of hydrogen-bond acceptors (Lipinski definition) is 8. The molecule has 1 amide bonds. The normalized spacial score (nSPS) is 14.0. The van der Waals surface area contributed by atoms with Gasteiger partial charge in [0.05, 0.1) is 24.2 Å². The van der Waals surface area contributed by atoms with Crippen LogP contribution < -0.4 is 4.90 Å². The average molecular weight is 501 g/mol. The minimum atomic E-state index is -0.0313. The second-order valence-electron chi connectivity index (χ2n) is 8.62. The second-order valence-corrected chi connectivity index (χ2v) is 9.48. The average Bonchev–Trinajstić information content (AvgIpc) is 3.36. The molecule has 0 spiro atoms. The number of thiophene rings is 1. The zero-order valence-electron chi connectivity index (χ0n) is 20.4. The van der Waals surface area contributed by atoms with E-state index in [1.54, 1.807) is 18.1 Å². The van der Waals surface area contributed by atoms with Crippen LogP contribution in [0.5, 0.6) is 0 Å². The number of ether oxygens (including phenoxy) is 1. The summed E-state index contributed by atoms with van der Waals surface area (Å²) in [6.07, 6.45) is 4.33. The molecule has 0 saturated carbocycles. The van der Waals surface area contributed by atoms with E-state index in [0.717, 1.165) is 28.0 Å². The summed E-state index contributed by atoms with van der Waals surface area (Å²) in [6.45, 7) is 3.27. The molecule has 0 bridgehead atoms. The van der Waals surface area contributed by atoms with Crippen molar-refractivity contribution in [1.82, 2.24) is 19.9 Å². The monoisotopic (exact) mass is 500 g/mol. The largest absolute Gasteiger partial charge is 0.378 e. The van der Waals surface area contributed by atoms with Crippen LogP contribution in [0.15, 0.2) is 59.0 Å². The van der Waals surface area contributed by atoms with E-state index in [1.165, 1.54) is 16.9 Å². The number of aromatic nitrogens is 3. The molecule has 4 aromatic rings. The van der Waals surface area contributed by atoms with Crippen LogP contribution in [0, 0.1) is 0 Å². The molecule has 9 heteroatoms. The van der Waals surface area contributed by atoms with Crippen molar-refractivity contribution in [2.75, 3.05) is 51.8 Å². The minimum Gasteiger partial charge on any atom is -0.378 e. The smallest absolute Gasteiger partial charge is 0.255 e. The van der Waals surface area contributed by atoms with E-state index in [2.05, 4.69) is 27.0 Å². The molecule has 1 fully saturated rings. The van der Waals surface area contributed by atoms with E-state index in [0.29, 0.717) is 49.9 Å². The van der Waals surface area contributed by atoms with Gasteiger partial charge in [-0.2, -0.15) is 0 Å². The second kappa shape index (κ2) is 10.9. The maximum absolute atomic E-state index is 13.6. The van der Waals surface area contributed by atoms with Crippen molar-refractivity contribution in [1.29, 1.82) is 0 Å². The summed E-state index contributed by atoms with van der Waals surface area (Å²) in [6, 6.07) is 13.9. The molecule has 0 radical (unpaired) electrons. The van der Waals surface area contributed by atoms with E-state index in [-0.39, 0.29) is 5.91 Å².